The van der Waals surface area contributed by atoms with Crippen LogP contribution in [0, 0.1) is 20.8 Å². The number of rotatable bonds is 5. The van der Waals surface area contributed by atoms with Crippen molar-refractivity contribution in [2.75, 3.05) is 12.4 Å². The molecule has 0 heterocycles. The van der Waals surface area contributed by atoms with Crippen LogP contribution in [0.15, 0.2) is 54.6 Å². The molecule has 0 aliphatic rings. The number of benzene rings is 3. The van der Waals surface area contributed by atoms with E-state index in [2.05, 4.69) is 5.32 Å². The minimum Gasteiger partial charge on any atom is -0.497 e. The van der Waals surface area contributed by atoms with Crippen LogP contribution in [-0.4, -0.2) is 24.1 Å². The minimum absolute atomic E-state index is 0.203. The Bertz CT molecular complexity index is 1080. The predicted octanol–water partition coefficient (Wildman–Crippen LogP) is 5.24. The van der Waals surface area contributed by atoms with Crippen molar-refractivity contribution in [1.29, 1.82) is 0 Å². The molecule has 0 aromatic heterocycles. The molecular weight excluding hydrogens is 366 g/mol. The second kappa shape index (κ2) is 8.19. The van der Waals surface area contributed by atoms with Crippen molar-refractivity contribution in [3.8, 4) is 16.9 Å². The number of anilines is 1. The van der Waals surface area contributed by atoms with E-state index >= 15 is 0 Å². The number of carbonyl (C=O) groups is 2. The van der Waals surface area contributed by atoms with Gasteiger partial charge in [-0.2, -0.15) is 0 Å². The summed E-state index contributed by atoms with van der Waals surface area (Å²) >= 11 is 0. The summed E-state index contributed by atoms with van der Waals surface area (Å²) < 4.78 is 5.29. The maximum Gasteiger partial charge on any atom is 0.335 e. The van der Waals surface area contributed by atoms with Crippen LogP contribution < -0.4 is 10.1 Å². The number of hydrogen-bond acceptors (Lipinski definition) is 3. The van der Waals surface area contributed by atoms with Crippen molar-refractivity contribution in [3.05, 3.63) is 82.4 Å². The number of aryl methyl sites for hydroxylation is 3. The molecule has 3 aromatic rings. The average Bonchev–Trinajstić information content (AvgIpc) is 2.70. The van der Waals surface area contributed by atoms with E-state index in [0.717, 1.165) is 22.4 Å². The van der Waals surface area contributed by atoms with Gasteiger partial charge in [-0.15, -0.1) is 0 Å². The fraction of sp³-hybridized carbons (Fsp3) is 0.167. The molecule has 3 rings (SSSR count). The normalized spacial score (nSPS) is 10.5. The van der Waals surface area contributed by atoms with Gasteiger partial charge < -0.3 is 15.2 Å². The number of aromatic carboxylic acids is 1. The van der Waals surface area contributed by atoms with Gasteiger partial charge >= 0.3 is 5.97 Å². The van der Waals surface area contributed by atoms with Gasteiger partial charge in [-0.25, -0.2) is 4.79 Å². The Morgan fingerprint density at radius 1 is 0.862 bits per heavy atom. The van der Waals surface area contributed by atoms with Crippen LogP contribution in [0.5, 0.6) is 5.75 Å². The number of ether oxygens (including phenoxy) is 1. The highest BCUT2D eigenvalue weighted by Crippen LogP contribution is 2.27. The van der Waals surface area contributed by atoms with E-state index in [1.54, 1.807) is 33.1 Å². The number of nitrogens with one attached hydrogen (secondary N) is 1. The third kappa shape index (κ3) is 4.29. The minimum atomic E-state index is -0.990. The Balaban J connectivity index is 1.95. The molecule has 0 radical (unpaired) electrons. The van der Waals surface area contributed by atoms with Crippen molar-refractivity contribution in [2.45, 2.75) is 20.8 Å². The maximum absolute atomic E-state index is 13.0. The van der Waals surface area contributed by atoms with Crippen molar-refractivity contribution >= 4 is 17.6 Å². The molecule has 0 unspecified atom stereocenters. The second-order valence-electron chi connectivity index (χ2n) is 7.01. The van der Waals surface area contributed by atoms with Crippen molar-refractivity contribution in [2.24, 2.45) is 0 Å². The summed E-state index contributed by atoms with van der Waals surface area (Å²) in [7, 11) is 1.62. The first-order chi connectivity index (χ1) is 13.8. The SMILES string of the molecule is COc1cccc(-c2ccc(C)c(C(=O)Nc3c(C)cc(C(=O)O)cc3C)c2)c1. The van der Waals surface area contributed by atoms with Gasteiger partial charge in [0.2, 0.25) is 0 Å². The van der Waals surface area contributed by atoms with Gasteiger partial charge in [-0.3, -0.25) is 4.79 Å². The highest BCUT2D eigenvalue weighted by molar-refractivity contribution is 6.07. The van der Waals surface area contributed by atoms with Gasteiger partial charge in [0, 0.05) is 11.3 Å². The molecule has 148 valence electrons. The van der Waals surface area contributed by atoms with E-state index < -0.39 is 5.97 Å². The molecule has 0 spiro atoms. The molecule has 3 aromatic carbocycles. The van der Waals surface area contributed by atoms with E-state index in [9.17, 15) is 14.7 Å². The predicted molar refractivity (Wildman–Crippen MR) is 114 cm³/mol. The highest BCUT2D eigenvalue weighted by atomic mass is 16.5. The largest absolute Gasteiger partial charge is 0.497 e. The van der Waals surface area contributed by atoms with E-state index in [0.29, 0.717) is 22.4 Å². The molecule has 29 heavy (non-hydrogen) atoms. The van der Waals surface area contributed by atoms with E-state index in [1.165, 1.54) is 0 Å². The van der Waals surface area contributed by atoms with Gasteiger partial charge in [0.1, 0.15) is 5.75 Å². The quantitative estimate of drug-likeness (QED) is 0.626. The lowest BCUT2D eigenvalue weighted by Gasteiger charge is -2.15. The van der Waals surface area contributed by atoms with Crippen LogP contribution in [0.3, 0.4) is 0 Å². The number of methoxy groups -OCH3 is 1. The monoisotopic (exact) mass is 389 g/mol. The summed E-state index contributed by atoms with van der Waals surface area (Å²) in [5.74, 6) is -0.476. The van der Waals surface area contributed by atoms with Gasteiger partial charge in [0.25, 0.3) is 5.91 Å². The first-order valence-electron chi connectivity index (χ1n) is 9.21. The fourth-order valence-electron chi connectivity index (χ4n) is 3.31. The fourth-order valence-corrected chi connectivity index (χ4v) is 3.31. The third-order valence-electron chi connectivity index (χ3n) is 4.90. The van der Waals surface area contributed by atoms with E-state index in [1.807, 2.05) is 49.4 Å². The summed E-state index contributed by atoms with van der Waals surface area (Å²) in [5, 5.41) is 12.1. The summed E-state index contributed by atoms with van der Waals surface area (Å²) in [6.07, 6.45) is 0. The number of carboxylic acid groups (broad SMARTS) is 1. The number of hydrogen-bond donors (Lipinski definition) is 2. The second-order valence-corrected chi connectivity index (χ2v) is 7.01. The zero-order chi connectivity index (χ0) is 21.1. The zero-order valence-corrected chi connectivity index (χ0v) is 16.9. The first kappa shape index (κ1) is 20.1. The smallest absolute Gasteiger partial charge is 0.335 e. The third-order valence-corrected chi connectivity index (χ3v) is 4.90. The molecule has 0 saturated carbocycles. The van der Waals surface area contributed by atoms with Crippen LogP contribution in [-0.2, 0) is 0 Å². The number of carbonyl (C=O) groups excluding carboxylic acids is 1. The number of carboxylic acids is 1. The number of amides is 1. The average molecular weight is 389 g/mol. The Hall–Kier alpha value is -3.60. The first-order valence-corrected chi connectivity index (χ1v) is 9.21. The maximum atomic E-state index is 13.0. The molecule has 0 atom stereocenters. The van der Waals surface area contributed by atoms with Crippen LogP contribution in [0.1, 0.15) is 37.4 Å². The summed E-state index contributed by atoms with van der Waals surface area (Å²) in [6.45, 7) is 5.46. The van der Waals surface area contributed by atoms with Crippen LogP contribution in [0.2, 0.25) is 0 Å². The summed E-state index contributed by atoms with van der Waals surface area (Å²) in [6, 6.07) is 16.5. The Morgan fingerprint density at radius 2 is 1.52 bits per heavy atom. The topological polar surface area (TPSA) is 75.6 Å². The summed E-state index contributed by atoms with van der Waals surface area (Å²) in [4.78, 5) is 24.2. The van der Waals surface area contributed by atoms with Crippen molar-refractivity contribution < 1.29 is 19.4 Å². The Morgan fingerprint density at radius 3 is 2.14 bits per heavy atom. The summed E-state index contributed by atoms with van der Waals surface area (Å²) in [5.41, 5.74) is 5.53. The standard InChI is InChI=1S/C24H23NO4/c1-14-8-9-18(17-6-5-7-20(12-17)29-4)13-21(14)23(26)25-22-15(2)10-19(24(27)28)11-16(22)3/h5-13H,1-4H3,(H,25,26)(H,27,28). The van der Waals surface area contributed by atoms with Gasteiger partial charge in [0.15, 0.2) is 0 Å². The molecule has 5 nitrogen and oxygen atoms in total. The molecule has 0 saturated heterocycles. The molecule has 0 bridgehead atoms. The van der Waals surface area contributed by atoms with Gasteiger partial charge in [-0.05, 0) is 78.9 Å². The molecule has 2 N–H and O–H groups in total. The van der Waals surface area contributed by atoms with E-state index in [4.69, 9.17) is 4.74 Å². The van der Waals surface area contributed by atoms with Gasteiger partial charge in [-0.1, -0.05) is 24.3 Å². The lowest BCUT2D eigenvalue weighted by molar-refractivity contribution is 0.0696. The van der Waals surface area contributed by atoms with Crippen molar-refractivity contribution in [3.63, 3.8) is 0 Å². The van der Waals surface area contributed by atoms with E-state index in [-0.39, 0.29) is 11.5 Å². The molecule has 5 heteroatoms. The molecule has 1 amide bonds. The van der Waals surface area contributed by atoms with Gasteiger partial charge in [0.05, 0.1) is 12.7 Å². The van der Waals surface area contributed by atoms with Crippen LogP contribution in [0.4, 0.5) is 5.69 Å². The lowest BCUT2D eigenvalue weighted by atomic mass is 9.98. The van der Waals surface area contributed by atoms with Crippen LogP contribution in [0.25, 0.3) is 11.1 Å². The Labute approximate surface area is 170 Å². The van der Waals surface area contributed by atoms with Crippen molar-refractivity contribution in [1.82, 2.24) is 0 Å². The highest BCUT2D eigenvalue weighted by Gasteiger charge is 2.15. The molecule has 0 aliphatic heterocycles. The lowest BCUT2D eigenvalue weighted by Crippen LogP contribution is -2.16. The zero-order valence-electron chi connectivity index (χ0n) is 16.9. The Kier molecular flexibility index (Phi) is 5.69. The molecule has 0 aliphatic carbocycles. The molecule has 0 fully saturated rings. The van der Waals surface area contributed by atoms with Crippen LogP contribution >= 0.6 is 0 Å². The molecular formula is C24H23NO4.